The van der Waals surface area contributed by atoms with E-state index in [0.717, 1.165) is 16.5 Å². The largest absolute Gasteiger partial charge is 0.481 e. The third-order valence-corrected chi connectivity index (χ3v) is 11.9. The highest BCUT2D eigenvalue weighted by atomic mass is 33.1. The number of nitrogens with two attached hydrogens (primary N) is 3. The summed E-state index contributed by atoms with van der Waals surface area (Å²) in [5, 5.41) is 23.2. The molecule has 2 saturated heterocycles. The number of rotatable bonds is 10. The summed E-state index contributed by atoms with van der Waals surface area (Å²) in [6.45, 7) is 1.68. The number of carbonyl (C=O) groups excluding carboxylic acids is 7. The van der Waals surface area contributed by atoms with Crippen LogP contribution in [0.3, 0.4) is 0 Å². The number of amides is 7. The summed E-state index contributed by atoms with van der Waals surface area (Å²) in [5.41, 5.74) is 18.8. The molecule has 1 aromatic heterocycles. The van der Waals surface area contributed by atoms with E-state index in [2.05, 4.69) is 36.6 Å². The van der Waals surface area contributed by atoms with Crippen molar-refractivity contribution in [3.63, 3.8) is 0 Å². The molecule has 2 fully saturated rings. The minimum absolute atomic E-state index is 0.0198. The normalized spacial score (nSPS) is 23.5. The molecule has 0 bridgehead atoms. The molecule has 5 unspecified atom stereocenters. The van der Waals surface area contributed by atoms with Crippen LogP contribution >= 0.6 is 21.6 Å². The number of benzene rings is 1. The number of H-pyrrole nitrogens is 1. The van der Waals surface area contributed by atoms with E-state index >= 15 is 0 Å². The Labute approximate surface area is 342 Å². The van der Waals surface area contributed by atoms with Gasteiger partial charge in [0, 0.05) is 54.5 Å². The van der Waals surface area contributed by atoms with Crippen molar-refractivity contribution in [2.24, 2.45) is 22.2 Å². The van der Waals surface area contributed by atoms with E-state index in [1.807, 2.05) is 25.1 Å². The first-order valence-corrected chi connectivity index (χ1v) is 21.3. The SMILES string of the molecule is Cc1ccc2c(CC3NC(=O)C(CC(=O)O)NC(=O)CNC(=O)C(CCCCN=C(N)N)NC(=O)CCSSCC(C(N)=O)NC(=O)C4CCCN4C3=O)c[nH]c2c1. The van der Waals surface area contributed by atoms with Crippen LogP contribution < -0.4 is 43.8 Å². The van der Waals surface area contributed by atoms with Crippen LogP contribution in [0, 0.1) is 6.92 Å². The van der Waals surface area contributed by atoms with Crippen molar-refractivity contribution in [2.45, 2.75) is 88.5 Å². The maximum absolute atomic E-state index is 14.4. The smallest absolute Gasteiger partial charge is 0.305 e. The monoisotopic (exact) mass is 845 g/mol. The predicted octanol–water partition coefficient (Wildman–Crippen LogP) is -1.75. The number of hydrogen-bond acceptors (Lipinski definition) is 11. The van der Waals surface area contributed by atoms with Crippen LogP contribution in [0.5, 0.6) is 0 Å². The summed E-state index contributed by atoms with van der Waals surface area (Å²) in [6.07, 6.45) is 2.49. The van der Waals surface area contributed by atoms with Crippen molar-refractivity contribution in [1.29, 1.82) is 0 Å². The molecule has 0 spiro atoms. The Balaban J connectivity index is 1.63. The molecule has 0 radical (unpaired) electrons. The highest BCUT2D eigenvalue weighted by Gasteiger charge is 2.40. The highest BCUT2D eigenvalue weighted by molar-refractivity contribution is 8.76. The van der Waals surface area contributed by atoms with Gasteiger partial charge in [-0.2, -0.15) is 0 Å². The zero-order chi connectivity index (χ0) is 42.4. The number of guanidine groups is 1. The summed E-state index contributed by atoms with van der Waals surface area (Å²) in [6, 6.07) is -0.553. The third-order valence-electron chi connectivity index (χ3n) is 9.49. The van der Waals surface area contributed by atoms with Gasteiger partial charge in [-0.1, -0.05) is 33.7 Å². The fourth-order valence-corrected chi connectivity index (χ4v) is 8.73. The van der Waals surface area contributed by atoms with Gasteiger partial charge in [0.25, 0.3) is 0 Å². The number of primary amides is 1. The molecule has 5 atom stereocenters. The zero-order valence-corrected chi connectivity index (χ0v) is 33.7. The molecule has 13 N–H and O–H groups in total. The van der Waals surface area contributed by atoms with Crippen LogP contribution in [0.2, 0.25) is 0 Å². The van der Waals surface area contributed by atoms with E-state index in [9.17, 15) is 43.5 Å². The first kappa shape index (κ1) is 45.2. The first-order chi connectivity index (χ1) is 27.6. The fraction of sp³-hybridized carbons (Fsp3) is 0.528. The number of aromatic nitrogens is 1. The van der Waals surface area contributed by atoms with E-state index in [-0.39, 0.29) is 56.2 Å². The summed E-state index contributed by atoms with van der Waals surface area (Å²) in [7, 11) is 2.45. The van der Waals surface area contributed by atoms with Crippen LogP contribution in [0.4, 0.5) is 0 Å². The number of aliphatic imine (C=N–C) groups is 1. The number of aromatic amines is 1. The number of fused-ring (bicyclic) bond motifs is 2. The number of aryl methyl sites for hydroxylation is 1. The molecule has 58 heavy (non-hydrogen) atoms. The molecule has 0 aliphatic carbocycles. The van der Waals surface area contributed by atoms with Gasteiger partial charge in [0.2, 0.25) is 41.4 Å². The summed E-state index contributed by atoms with van der Waals surface area (Å²) >= 11 is 0. The average molecular weight is 846 g/mol. The van der Waals surface area contributed by atoms with Crippen LogP contribution in [-0.2, 0) is 44.8 Å². The number of unbranched alkanes of at least 4 members (excludes halogenated alkanes) is 1. The standard InChI is InChI=1S/C36H51N11O9S2/c1-19-7-8-21-20(16-41-23(21)13-19)14-25-35(56)47-11-4-6-27(47)34(55)46-26(31(37)52)18-58-57-12-9-28(48)43-22(5-2-3-10-40-36(38)39)32(53)42-17-29(49)44-24(15-30(50)51)33(54)45-25/h7-8,13,16,22,24-27,41H,2-6,9-12,14-15,17-18H2,1H3,(H2,37,52)(H,42,53)(H,43,48)(H,44,49)(H,45,54)(H,46,55)(H,50,51)(H4,38,39,40). The zero-order valence-electron chi connectivity index (χ0n) is 32.0. The predicted molar refractivity (Wildman–Crippen MR) is 218 cm³/mol. The van der Waals surface area contributed by atoms with Crippen molar-refractivity contribution in [2.75, 3.05) is 31.1 Å². The Kier molecular flexibility index (Phi) is 17.0. The van der Waals surface area contributed by atoms with Gasteiger partial charge in [0.1, 0.15) is 30.2 Å². The lowest BCUT2D eigenvalue weighted by molar-refractivity contribution is -0.143. The molecule has 2 aliphatic rings. The van der Waals surface area contributed by atoms with Gasteiger partial charge in [0.05, 0.1) is 13.0 Å². The lowest BCUT2D eigenvalue weighted by Crippen LogP contribution is -2.59. The molecule has 2 aliphatic heterocycles. The van der Waals surface area contributed by atoms with E-state index in [1.54, 1.807) is 6.20 Å². The average Bonchev–Trinajstić information content (AvgIpc) is 3.81. The number of aliphatic carboxylic acids is 1. The lowest BCUT2D eigenvalue weighted by atomic mass is 10.0. The topological polar surface area (TPSA) is 326 Å². The maximum Gasteiger partial charge on any atom is 0.305 e. The van der Waals surface area contributed by atoms with Crippen molar-refractivity contribution < 1.29 is 43.5 Å². The number of nitrogens with zero attached hydrogens (tertiary/aromatic N) is 2. The highest BCUT2D eigenvalue weighted by Crippen LogP contribution is 2.26. The molecule has 7 amide bonds. The van der Waals surface area contributed by atoms with Crippen molar-refractivity contribution in [1.82, 2.24) is 36.5 Å². The van der Waals surface area contributed by atoms with Gasteiger partial charge in [0.15, 0.2) is 5.96 Å². The van der Waals surface area contributed by atoms with Gasteiger partial charge < -0.3 is 58.8 Å². The summed E-state index contributed by atoms with van der Waals surface area (Å²) in [4.78, 5) is 114. The number of carboxylic acid groups (broad SMARTS) is 1. The first-order valence-electron chi connectivity index (χ1n) is 18.8. The van der Waals surface area contributed by atoms with Gasteiger partial charge >= 0.3 is 5.97 Å². The molecule has 3 heterocycles. The van der Waals surface area contributed by atoms with Crippen molar-refractivity contribution >= 4 is 85.8 Å². The molecule has 2 aromatic rings. The number of nitrogens with one attached hydrogen (secondary N) is 6. The Morgan fingerprint density at radius 3 is 2.40 bits per heavy atom. The van der Waals surface area contributed by atoms with E-state index in [4.69, 9.17) is 17.2 Å². The van der Waals surface area contributed by atoms with Crippen LogP contribution in [0.25, 0.3) is 10.9 Å². The molecule has 0 saturated carbocycles. The molecular formula is C36H51N11O9S2. The second kappa shape index (κ2) is 21.9. The Morgan fingerprint density at radius 1 is 0.914 bits per heavy atom. The third kappa shape index (κ3) is 13.6. The maximum atomic E-state index is 14.4. The van der Waals surface area contributed by atoms with Gasteiger partial charge in [-0.15, -0.1) is 0 Å². The number of carboxylic acids is 1. The Morgan fingerprint density at radius 2 is 1.67 bits per heavy atom. The molecule has 4 rings (SSSR count). The van der Waals surface area contributed by atoms with Gasteiger partial charge in [-0.25, -0.2) is 0 Å². The van der Waals surface area contributed by atoms with Crippen molar-refractivity contribution in [3.8, 4) is 0 Å². The number of hydrogen-bond donors (Lipinski definition) is 10. The van der Waals surface area contributed by atoms with Gasteiger partial charge in [-0.3, -0.25) is 43.3 Å². The molecule has 22 heteroatoms. The van der Waals surface area contributed by atoms with Gasteiger partial charge in [-0.05, 0) is 56.2 Å². The summed E-state index contributed by atoms with van der Waals surface area (Å²) in [5.74, 6) is -6.35. The second-order valence-corrected chi connectivity index (χ2v) is 16.6. The van der Waals surface area contributed by atoms with Crippen LogP contribution in [0.1, 0.15) is 56.1 Å². The van der Waals surface area contributed by atoms with E-state index in [1.165, 1.54) is 26.5 Å². The summed E-state index contributed by atoms with van der Waals surface area (Å²) < 4.78 is 0. The lowest BCUT2D eigenvalue weighted by Gasteiger charge is -2.30. The fourth-order valence-electron chi connectivity index (χ4n) is 6.56. The number of carbonyl (C=O) groups is 8. The van der Waals surface area contributed by atoms with Crippen molar-refractivity contribution in [3.05, 3.63) is 35.5 Å². The quantitative estimate of drug-likeness (QED) is 0.0550. The second-order valence-electron chi connectivity index (χ2n) is 14.0. The molecular weight excluding hydrogens is 795 g/mol. The molecule has 20 nitrogen and oxygen atoms in total. The minimum atomic E-state index is -1.68. The Bertz CT molecular complexity index is 1890. The molecule has 1 aromatic carbocycles. The van der Waals surface area contributed by atoms with Crippen LogP contribution in [0.15, 0.2) is 29.4 Å². The molecule has 316 valence electrons. The van der Waals surface area contributed by atoms with Crippen LogP contribution in [-0.4, -0.2) is 130 Å². The van der Waals surface area contributed by atoms with E-state index < -0.39 is 90.5 Å². The Hall–Kier alpha value is -5.51. The minimum Gasteiger partial charge on any atom is -0.481 e. The van der Waals surface area contributed by atoms with E-state index in [0.29, 0.717) is 24.8 Å².